The van der Waals surface area contributed by atoms with Gasteiger partial charge in [0.1, 0.15) is 5.75 Å². The van der Waals surface area contributed by atoms with Gasteiger partial charge in [-0.05, 0) is 24.3 Å². The summed E-state index contributed by atoms with van der Waals surface area (Å²) in [6.07, 6.45) is 1.23. The van der Waals surface area contributed by atoms with Crippen molar-refractivity contribution in [3.8, 4) is 5.75 Å². The van der Waals surface area contributed by atoms with Gasteiger partial charge in [-0.1, -0.05) is 30.3 Å². The number of rotatable bonds is 2. The SMILES string of the molecule is O=S(=O)(c1ccccc1)n1cc(O)c2ccccc21. The van der Waals surface area contributed by atoms with Crippen LogP contribution in [0.25, 0.3) is 10.9 Å². The summed E-state index contributed by atoms with van der Waals surface area (Å²) < 4.78 is 26.1. The molecule has 1 aromatic heterocycles. The lowest BCUT2D eigenvalue weighted by atomic mass is 10.2. The molecule has 2 aromatic carbocycles. The standard InChI is InChI=1S/C14H11NO3S/c16-14-10-15(13-9-5-4-8-12(13)14)19(17,18)11-6-2-1-3-7-11/h1-10,16H. The van der Waals surface area contributed by atoms with E-state index in [2.05, 4.69) is 0 Å². The number of hydrogen-bond donors (Lipinski definition) is 1. The minimum absolute atomic E-state index is 0.0462. The molecular weight excluding hydrogens is 262 g/mol. The van der Waals surface area contributed by atoms with Crippen LogP contribution in [0.3, 0.4) is 0 Å². The fraction of sp³-hybridized carbons (Fsp3) is 0. The van der Waals surface area contributed by atoms with Crippen molar-refractivity contribution in [2.45, 2.75) is 4.90 Å². The van der Waals surface area contributed by atoms with E-state index in [0.29, 0.717) is 10.9 Å². The lowest BCUT2D eigenvalue weighted by Gasteiger charge is -2.06. The fourth-order valence-electron chi connectivity index (χ4n) is 2.04. The van der Waals surface area contributed by atoms with Crippen molar-refractivity contribution in [2.24, 2.45) is 0 Å². The molecule has 0 spiro atoms. The molecule has 0 bridgehead atoms. The van der Waals surface area contributed by atoms with Gasteiger partial charge in [-0.3, -0.25) is 0 Å². The van der Waals surface area contributed by atoms with Gasteiger partial charge in [0.15, 0.2) is 0 Å². The van der Waals surface area contributed by atoms with Crippen molar-refractivity contribution < 1.29 is 13.5 Å². The predicted octanol–water partition coefficient (Wildman–Crippen LogP) is 2.58. The molecule has 0 aliphatic heterocycles. The Balaban J connectivity index is 2.31. The molecule has 0 aliphatic rings. The van der Waals surface area contributed by atoms with E-state index in [-0.39, 0.29) is 10.6 Å². The van der Waals surface area contributed by atoms with Crippen LogP contribution in [0.2, 0.25) is 0 Å². The van der Waals surface area contributed by atoms with Crippen LogP contribution in [0.15, 0.2) is 65.7 Å². The van der Waals surface area contributed by atoms with Gasteiger partial charge < -0.3 is 5.11 Å². The Morgan fingerprint density at radius 2 is 1.53 bits per heavy atom. The number of aromatic nitrogens is 1. The number of para-hydroxylation sites is 1. The predicted molar refractivity (Wildman–Crippen MR) is 72.6 cm³/mol. The summed E-state index contributed by atoms with van der Waals surface area (Å²) >= 11 is 0. The third-order valence-electron chi connectivity index (χ3n) is 2.96. The van der Waals surface area contributed by atoms with Crippen LogP contribution in [0.1, 0.15) is 0 Å². The third kappa shape index (κ3) is 1.79. The second-order valence-corrected chi connectivity index (χ2v) is 5.96. The second-order valence-electron chi connectivity index (χ2n) is 4.15. The second kappa shape index (κ2) is 4.13. The van der Waals surface area contributed by atoms with Crippen molar-refractivity contribution in [3.05, 3.63) is 60.8 Å². The molecule has 0 saturated heterocycles. The molecule has 3 aromatic rings. The maximum absolute atomic E-state index is 12.5. The quantitative estimate of drug-likeness (QED) is 0.780. The Bertz CT molecular complexity index is 836. The molecule has 1 heterocycles. The van der Waals surface area contributed by atoms with Crippen molar-refractivity contribution in [1.82, 2.24) is 3.97 Å². The van der Waals surface area contributed by atoms with Gasteiger partial charge in [0.2, 0.25) is 0 Å². The molecule has 0 unspecified atom stereocenters. The molecule has 4 nitrogen and oxygen atoms in total. The van der Waals surface area contributed by atoms with E-state index in [1.54, 1.807) is 42.5 Å². The summed E-state index contributed by atoms with van der Waals surface area (Å²) in [6.45, 7) is 0. The van der Waals surface area contributed by atoms with Gasteiger partial charge in [-0.2, -0.15) is 0 Å². The summed E-state index contributed by atoms with van der Waals surface area (Å²) in [5, 5.41) is 10.3. The number of benzene rings is 2. The number of fused-ring (bicyclic) bond motifs is 1. The van der Waals surface area contributed by atoms with Crippen LogP contribution in [-0.4, -0.2) is 17.5 Å². The Kier molecular flexibility index (Phi) is 2.57. The minimum Gasteiger partial charge on any atom is -0.506 e. The van der Waals surface area contributed by atoms with E-state index < -0.39 is 10.0 Å². The van der Waals surface area contributed by atoms with Crippen LogP contribution in [0.4, 0.5) is 0 Å². The summed E-state index contributed by atoms with van der Waals surface area (Å²) in [7, 11) is -3.69. The lowest BCUT2D eigenvalue weighted by molar-refractivity contribution is 0.480. The molecule has 0 aliphatic carbocycles. The smallest absolute Gasteiger partial charge is 0.268 e. The molecule has 19 heavy (non-hydrogen) atoms. The Morgan fingerprint density at radius 1 is 0.895 bits per heavy atom. The van der Waals surface area contributed by atoms with E-state index >= 15 is 0 Å². The first kappa shape index (κ1) is 11.8. The molecule has 0 fully saturated rings. The van der Waals surface area contributed by atoms with E-state index in [1.165, 1.54) is 18.3 Å². The summed E-state index contributed by atoms with van der Waals surface area (Å²) in [4.78, 5) is 0.191. The van der Waals surface area contributed by atoms with E-state index in [4.69, 9.17) is 0 Å². The van der Waals surface area contributed by atoms with Gasteiger partial charge in [0.25, 0.3) is 10.0 Å². The molecule has 3 rings (SSSR count). The molecular formula is C14H11NO3S. The monoisotopic (exact) mass is 273 g/mol. The Hall–Kier alpha value is -2.27. The van der Waals surface area contributed by atoms with Crippen LogP contribution in [0.5, 0.6) is 5.75 Å². The highest BCUT2D eigenvalue weighted by molar-refractivity contribution is 7.90. The lowest BCUT2D eigenvalue weighted by Crippen LogP contribution is -2.11. The highest BCUT2D eigenvalue weighted by Crippen LogP contribution is 2.29. The Morgan fingerprint density at radius 3 is 2.26 bits per heavy atom. The van der Waals surface area contributed by atoms with E-state index in [9.17, 15) is 13.5 Å². The number of aromatic hydroxyl groups is 1. The summed E-state index contributed by atoms with van der Waals surface area (Å²) in [5.41, 5.74) is 0.462. The zero-order valence-electron chi connectivity index (χ0n) is 9.89. The third-order valence-corrected chi connectivity index (χ3v) is 4.64. The summed E-state index contributed by atoms with van der Waals surface area (Å²) in [5.74, 6) is -0.0462. The highest BCUT2D eigenvalue weighted by Gasteiger charge is 2.20. The molecule has 96 valence electrons. The minimum atomic E-state index is -3.69. The van der Waals surface area contributed by atoms with Gasteiger partial charge in [0, 0.05) is 5.39 Å². The molecule has 1 N–H and O–H groups in total. The van der Waals surface area contributed by atoms with Crippen molar-refractivity contribution in [3.63, 3.8) is 0 Å². The molecule has 5 heteroatoms. The van der Waals surface area contributed by atoms with Crippen LogP contribution in [0, 0.1) is 0 Å². The normalized spacial score (nSPS) is 11.8. The summed E-state index contributed by atoms with van der Waals surface area (Å²) in [6, 6.07) is 15.0. The zero-order chi connectivity index (χ0) is 13.5. The molecule has 0 saturated carbocycles. The van der Waals surface area contributed by atoms with Gasteiger partial charge >= 0.3 is 0 Å². The average molecular weight is 273 g/mol. The van der Waals surface area contributed by atoms with Crippen LogP contribution >= 0.6 is 0 Å². The first-order valence-corrected chi connectivity index (χ1v) is 7.14. The average Bonchev–Trinajstić information content (AvgIpc) is 2.79. The molecule has 0 radical (unpaired) electrons. The first-order valence-electron chi connectivity index (χ1n) is 5.70. The largest absolute Gasteiger partial charge is 0.506 e. The molecule has 0 amide bonds. The number of nitrogens with zero attached hydrogens (tertiary/aromatic N) is 1. The van der Waals surface area contributed by atoms with Gasteiger partial charge in [-0.15, -0.1) is 0 Å². The topological polar surface area (TPSA) is 59.3 Å². The van der Waals surface area contributed by atoms with Gasteiger partial charge in [0.05, 0.1) is 16.6 Å². The van der Waals surface area contributed by atoms with Crippen LogP contribution < -0.4 is 0 Å². The zero-order valence-corrected chi connectivity index (χ0v) is 10.7. The maximum atomic E-state index is 12.5. The fourth-order valence-corrected chi connectivity index (χ4v) is 3.42. The number of hydrogen-bond acceptors (Lipinski definition) is 3. The van der Waals surface area contributed by atoms with Gasteiger partial charge in [-0.25, -0.2) is 12.4 Å². The molecule has 0 atom stereocenters. The first-order chi connectivity index (χ1) is 9.10. The van der Waals surface area contributed by atoms with E-state index in [0.717, 1.165) is 3.97 Å². The van der Waals surface area contributed by atoms with Crippen molar-refractivity contribution in [1.29, 1.82) is 0 Å². The highest BCUT2D eigenvalue weighted by atomic mass is 32.2. The van der Waals surface area contributed by atoms with E-state index in [1.807, 2.05) is 0 Å². The van der Waals surface area contributed by atoms with Crippen molar-refractivity contribution >= 4 is 20.9 Å². The maximum Gasteiger partial charge on any atom is 0.268 e. The van der Waals surface area contributed by atoms with Crippen LogP contribution in [-0.2, 0) is 10.0 Å². The Labute approximate surface area is 110 Å². The van der Waals surface area contributed by atoms with Crippen molar-refractivity contribution in [2.75, 3.05) is 0 Å².